The first-order valence-corrected chi connectivity index (χ1v) is 7.95. The topological polar surface area (TPSA) is 57.4 Å². The minimum absolute atomic E-state index is 0.250. The highest BCUT2D eigenvalue weighted by molar-refractivity contribution is 6.15. The van der Waals surface area contributed by atoms with E-state index in [9.17, 15) is 4.39 Å². The fraction of sp³-hybridized carbons (Fsp3) is 0. The number of H-pyrrole nitrogens is 2. The average molecular weight is 328 g/mol. The number of hydrogen-bond acceptors (Lipinski definition) is 2. The SMILES string of the molecule is Fc1ccc(-c2[nH]c3ccc4[nH]cnc4c3c2-c2ccncc2)cc1. The van der Waals surface area contributed by atoms with Crippen molar-refractivity contribution in [1.29, 1.82) is 0 Å². The van der Waals surface area contributed by atoms with Crippen LogP contribution in [0.15, 0.2) is 67.3 Å². The third kappa shape index (κ3) is 2.13. The van der Waals surface area contributed by atoms with Gasteiger partial charge in [0, 0.05) is 28.9 Å². The van der Waals surface area contributed by atoms with Gasteiger partial charge < -0.3 is 9.97 Å². The fourth-order valence-corrected chi connectivity index (χ4v) is 3.33. The van der Waals surface area contributed by atoms with E-state index in [-0.39, 0.29) is 5.82 Å². The van der Waals surface area contributed by atoms with Gasteiger partial charge in [-0.15, -0.1) is 0 Å². The van der Waals surface area contributed by atoms with Crippen LogP contribution in [0.1, 0.15) is 0 Å². The Balaban J connectivity index is 1.92. The Morgan fingerprint density at radius 2 is 1.56 bits per heavy atom. The zero-order chi connectivity index (χ0) is 16.8. The molecular formula is C20H13FN4. The number of nitrogens with zero attached hydrogens (tertiary/aromatic N) is 2. The largest absolute Gasteiger partial charge is 0.354 e. The molecule has 0 bridgehead atoms. The van der Waals surface area contributed by atoms with Crippen molar-refractivity contribution in [2.75, 3.05) is 0 Å². The van der Waals surface area contributed by atoms with Gasteiger partial charge >= 0.3 is 0 Å². The summed E-state index contributed by atoms with van der Waals surface area (Å²) < 4.78 is 13.4. The summed E-state index contributed by atoms with van der Waals surface area (Å²) in [7, 11) is 0. The van der Waals surface area contributed by atoms with Crippen LogP contribution >= 0.6 is 0 Å². The van der Waals surface area contributed by atoms with E-state index in [0.717, 1.165) is 44.3 Å². The Labute approximate surface area is 142 Å². The average Bonchev–Trinajstić information content (AvgIpc) is 3.27. The molecule has 4 nitrogen and oxygen atoms in total. The Hall–Kier alpha value is -3.47. The molecule has 0 atom stereocenters. The number of imidazole rings is 1. The summed E-state index contributed by atoms with van der Waals surface area (Å²) in [6.45, 7) is 0. The van der Waals surface area contributed by atoms with Gasteiger partial charge in [-0.2, -0.15) is 0 Å². The second-order valence-corrected chi connectivity index (χ2v) is 5.90. The van der Waals surface area contributed by atoms with E-state index in [4.69, 9.17) is 0 Å². The lowest BCUT2D eigenvalue weighted by Crippen LogP contribution is -1.84. The van der Waals surface area contributed by atoms with Crippen molar-refractivity contribution in [3.8, 4) is 22.4 Å². The summed E-state index contributed by atoms with van der Waals surface area (Å²) in [5, 5.41) is 1.05. The van der Waals surface area contributed by atoms with Crippen LogP contribution in [0.5, 0.6) is 0 Å². The number of fused-ring (bicyclic) bond motifs is 3. The van der Waals surface area contributed by atoms with E-state index in [1.807, 2.05) is 24.3 Å². The van der Waals surface area contributed by atoms with Crippen molar-refractivity contribution in [3.05, 3.63) is 73.1 Å². The number of halogens is 1. The first-order valence-electron chi connectivity index (χ1n) is 7.95. The highest BCUT2D eigenvalue weighted by Crippen LogP contribution is 2.40. The maximum absolute atomic E-state index is 13.4. The molecule has 5 heteroatoms. The molecule has 2 N–H and O–H groups in total. The van der Waals surface area contributed by atoms with Crippen molar-refractivity contribution in [2.45, 2.75) is 0 Å². The standard InChI is InChI=1S/C20H13FN4/c21-14-3-1-13(2-4-14)19-17(12-7-9-22-10-8-12)18-15(25-19)5-6-16-20(18)24-11-23-16/h1-11,25H,(H,23,24). The predicted molar refractivity (Wildman–Crippen MR) is 96.6 cm³/mol. The third-order valence-corrected chi connectivity index (χ3v) is 4.45. The molecule has 25 heavy (non-hydrogen) atoms. The lowest BCUT2D eigenvalue weighted by atomic mass is 9.98. The zero-order valence-corrected chi connectivity index (χ0v) is 13.1. The normalized spacial score (nSPS) is 11.4. The summed E-state index contributed by atoms with van der Waals surface area (Å²) in [5.74, 6) is -0.250. The number of benzene rings is 2. The lowest BCUT2D eigenvalue weighted by molar-refractivity contribution is 0.628. The molecular weight excluding hydrogens is 315 g/mol. The number of rotatable bonds is 2. The number of pyridine rings is 1. The second kappa shape index (κ2) is 5.27. The maximum atomic E-state index is 13.4. The first-order chi connectivity index (χ1) is 12.3. The molecule has 2 aromatic carbocycles. The van der Waals surface area contributed by atoms with Crippen molar-refractivity contribution < 1.29 is 4.39 Å². The van der Waals surface area contributed by atoms with E-state index in [2.05, 4.69) is 19.9 Å². The number of hydrogen-bond donors (Lipinski definition) is 2. The van der Waals surface area contributed by atoms with Crippen molar-refractivity contribution in [3.63, 3.8) is 0 Å². The number of nitrogens with one attached hydrogen (secondary N) is 2. The van der Waals surface area contributed by atoms with Crippen LogP contribution in [0.2, 0.25) is 0 Å². The van der Waals surface area contributed by atoms with Crippen LogP contribution in [0, 0.1) is 5.82 Å². The summed E-state index contributed by atoms with van der Waals surface area (Å²) in [4.78, 5) is 15.3. The van der Waals surface area contributed by atoms with Gasteiger partial charge in [0.15, 0.2) is 0 Å². The van der Waals surface area contributed by atoms with Gasteiger partial charge in [-0.1, -0.05) is 0 Å². The van der Waals surface area contributed by atoms with Gasteiger partial charge in [0.25, 0.3) is 0 Å². The van der Waals surface area contributed by atoms with Crippen LogP contribution in [0.3, 0.4) is 0 Å². The number of aromatic nitrogens is 4. The van der Waals surface area contributed by atoms with Crippen LogP contribution in [-0.4, -0.2) is 19.9 Å². The summed E-state index contributed by atoms with van der Waals surface area (Å²) in [6, 6.07) is 14.5. The van der Waals surface area contributed by atoms with Crippen LogP contribution < -0.4 is 0 Å². The predicted octanol–water partition coefficient (Wildman–Crippen LogP) is 4.91. The summed E-state index contributed by atoms with van der Waals surface area (Å²) in [6.07, 6.45) is 5.24. The number of aromatic amines is 2. The molecule has 0 amide bonds. The molecule has 0 saturated carbocycles. The Morgan fingerprint density at radius 1 is 0.800 bits per heavy atom. The van der Waals surface area contributed by atoms with Gasteiger partial charge in [-0.25, -0.2) is 9.37 Å². The van der Waals surface area contributed by atoms with Gasteiger partial charge in [0.1, 0.15) is 5.82 Å². The summed E-state index contributed by atoms with van der Waals surface area (Å²) >= 11 is 0. The van der Waals surface area contributed by atoms with E-state index in [1.165, 1.54) is 12.1 Å². The summed E-state index contributed by atoms with van der Waals surface area (Å²) in [5.41, 5.74) is 6.83. The quantitative estimate of drug-likeness (QED) is 0.483. The molecule has 0 saturated heterocycles. The molecule has 0 unspecified atom stereocenters. The molecule has 0 spiro atoms. The van der Waals surface area contributed by atoms with Crippen LogP contribution in [-0.2, 0) is 0 Å². The molecule has 0 aliphatic rings. The smallest absolute Gasteiger partial charge is 0.123 e. The van der Waals surface area contributed by atoms with E-state index >= 15 is 0 Å². The Bertz CT molecular complexity index is 1190. The van der Waals surface area contributed by atoms with Crippen LogP contribution in [0.4, 0.5) is 4.39 Å². The van der Waals surface area contributed by atoms with Crippen molar-refractivity contribution in [2.24, 2.45) is 0 Å². The molecule has 3 heterocycles. The van der Waals surface area contributed by atoms with Gasteiger partial charge in [-0.3, -0.25) is 4.98 Å². The van der Waals surface area contributed by atoms with Gasteiger partial charge in [0.05, 0.1) is 23.1 Å². The molecule has 120 valence electrons. The van der Waals surface area contributed by atoms with E-state index in [1.54, 1.807) is 30.9 Å². The highest BCUT2D eigenvalue weighted by Gasteiger charge is 2.18. The first kappa shape index (κ1) is 13.9. The minimum atomic E-state index is -0.250. The molecule has 0 fully saturated rings. The zero-order valence-electron chi connectivity index (χ0n) is 13.1. The second-order valence-electron chi connectivity index (χ2n) is 5.90. The fourth-order valence-electron chi connectivity index (χ4n) is 3.33. The molecule has 5 aromatic rings. The van der Waals surface area contributed by atoms with Crippen molar-refractivity contribution >= 4 is 21.9 Å². The Morgan fingerprint density at radius 3 is 2.36 bits per heavy atom. The van der Waals surface area contributed by atoms with Crippen molar-refractivity contribution in [1.82, 2.24) is 19.9 Å². The maximum Gasteiger partial charge on any atom is 0.123 e. The Kier molecular flexibility index (Phi) is 2.94. The molecule has 5 rings (SSSR count). The van der Waals surface area contributed by atoms with Gasteiger partial charge in [0.2, 0.25) is 0 Å². The van der Waals surface area contributed by atoms with E-state index < -0.39 is 0 Å². The monoisotopic (exact) mass is 328 g/mol. The molecule has 0 aliphatic carbocycles. The molecule has 0 radical (unpaired) electrons. The molecule has 0 aliphatic heterocycles. The third-order valence-electron chi connectivity index (χ3n) is 4.45. The highest BCUT2D eigenvalue weighted by atomic mass is 19.1. The van der Waals surface area contributed by atoms with Crippen LogP contribution in [0.25, 0.3) is 44.3 Å². The lowest BCUT2D eigenvalue weighted by Gasteiger charge is -2.06. The minimum Gasteiger partial charge on any atom is -0.354 e. The molecule has 3 aromatic heterocycles. The van der Waals surface area contributed by atoms with E-state index in [0.29, 0.717) is 0 Å². The van der Waals surface area contributed by atoms with Gasteiger partial charge in [-0.05, 0) is 59.7 Å².